The first-order valence-electron chi connectivity index (χ1n) is 5.15. The van der Waals surface area contributed by atoms with E-state index in [9.17, 15) is 9.18 Å². The molecule has 0 aliphatic rings. The third-order valence-corrected chi connectivity index (χ3v) is 2.61. The molecule has 0 amide bonds. The number of H-pyrrole nitrogens is 1. The second-order valence-corrected chi connectivity index (χ2v) is 3.77. The lowest BCUT2D eigenvalue weighted by molar-refractivity contribution is 0.0690. The van der Waals surface area contributed by atoms with Gasteiger partial charge >= 0.3 is 5.97 Å². The number of aryl methyl sites for hydroxylation is 1. The highest BCUT2D eigenvalue weighted by Gasteiger charge is 2.18. The van der Waals surface area contributed by atoms with Crippen LogP contribution in [0.5, 0.6) is 0 Å². The first-order chi connectivity index (χ1) is 8.04. The van der Waals surface area contributed by atoms with Crippen LogP contribution in [0.1, 0.15) is 21.7 Å². The molecule has 2 heterocycles. The second kappa shape index (κ2) is 4.14. The number of aromatic carboxylic acids is 1. The molecule has 90 valence electrons. The van der Waals surface area contributed by atoms with Crippen molar-refractivity contribution in [1.29, 1.82) is 0 Å². The van der Waals surface area contributed by atoms with E-state index in [2.05, 4.69) is 9.97 Å². The van der Waals surface area contributed by atoms with E-state index >= 15 is 0 Å². The minimum absolute atomic E-state index is 0.0305. The quantitative estimate of drug-likeness (QED) is 0.748. The number of rotatable bonds is 3. The van der Waals surface area contributed by atoms with Gasteiger partial charge in [-0.15, -0.1) is 0 Å². The Bertz CT molecular complexity index is 592. The van der Waals surface area contributed by atoms with Gasteiger partial charge < -0.3 is 15.8 Å². The highest BCUT2D eigenvalue weighted by Crippen LogP contribution is 2.23. The van der Waals surface area contributed by atoms with Gasteiger partial charge in [-0.3, -0.25) is 0 Å². The zero-order valence-corrected chi connectivity index (χ0v) is 9.25. The second-order valence-electron chi connectivity index (χ2n) is 3.77. The molecule has 2 aromatic heterocycles. The molecule has 0 spiro atoms. The summed E-state index contributed by atoms with van der Waals surface area (Å²) in [6.07, 6.45) is 0.389. The number of nitrogens with zero attached hydrogens (tertiary/aromatic N) is 1. The van der Waals surface area contributed by atoms with Gasteiger partial charge in [0, 0.05) is 11.6 Å². The average Bonchev–Trinajstić information content (AvgIpc) is 2.59. The smallest absolute Gasteiger partial charge is 0.352 e. The van der Waals surface area contributed by atoms with Crippen LogP contribution in [-0.4, -0.2) is 27.6 Å². The maximum atomic E-state index is 13.3. The van der Waals surface area contributed by atoms with Crippen LogP contribution in [0, 0.1) is 12.7 Å². The van der Waals surface area contributed by atoms with Crippen LogP contribution in [0.25, 0.3) is 11.0 Å². The van der Waals surface area contributed by atoms with Gasteiger partial charge in [-0.25, -0.2) is 14.2 Å². The number of halogens is 1. The van der Waals surface area contributed by atoms with Gasteiger partial charge in [-0.05, 0) is 19.9 Å². The molecule has 4 N–H and O–H groups in total. The van der Waals surface area contributed by atoms with Gasteiger partial charge in [0.1, 0.15) is 11.5 Å². The third-order valence-electron chi connectivity index (χ3n) is 2.61. The highest BCUT2D eigenvalue weighted by atomic mass is 19.1. The van der Waals surface area contributed by atoms with Crippen molar-refractivity contribution < 1.29 is 14.3 Å². The summed E-state index contributed by atoms with van der Waals surface area (Å²) < 4.78 is 13.3. The molecular weight excluding hydrogens is 225 g/mol. The first-order valence-corrected chi connectivity index (χ1v) is 5.15. The van der Waals surface area contributed by atoms with Crippen LogP contribution in [-0.2, 0) is 6.42 Å². The zero-order chi connectivity index (χ0) is 12.6. The van der Waals surface area contributed by atoms with Crippen molar-refractivity contribution in [2.45, 2.75) is 13.3 Å². The van der Waals surface area contributed by atoms with Crippen molar-refractivity contribution in [3.8, 4) is 0 Å². The molecule has 6 heteroatoms. The molecule has 0 bridgehead atoms. The summed E-state index contributed by atoms with van der Waals surface area (Å²) in [5, 5.41) is 9.04. The molecule has 0 aliphatic carbocycles. The lowest BCUT2D eigenvalue weighted by Gasteiger charge is -1.99. The minimum Gasteiger partial charge on any atom is -0.477 e. The normalized spacial score (nSPS) is 11.0. The molecule has 0 radical (unpaired) electrons. The monoisotopic (exact) mass is 237 g/mol. The van der Waals surface area contributed by atoms with Crippen LogP contribution >= 0.6 is 0 Å². The molecule has 0 aromatic carbocycles. The Balaban J connectivity index is 2.75. The van der Waals surface area contributed by atoms with E-state index in [1.165, 1.54) is 13.0 Å². The van der Waals surface area contributed by atoms with E-state index in [0.717, 1.165) is 0 Å². The van der Waals surface area contributed by atoms with Gasteiger partial charge in [0.2, 0.25) is 0 Å². The predicted octanol–water partition coefficient (Wildman–Crippen LogP) is 1.21. The van der Waals surface area contributed by atoms with Crippen molar-refractivity contribution in [3.05, 3.63) is 28.8 Å². The fraction of sp³-hybridized carbons (Fsp3) is 0.273. The van der Waals surface area contributed by atoms with Gasteiger partial charge in [-0.2, -0.15) is 0 Å². The lowest BCUT2D eigenvalue weighted by Crippen LogP contribution is -2.08. The summed E-state index contributed by atoms with van der Waals surface area (Å²) in [5.74, 6) is -1.56. The molecule has 0 saturated carbocycles. The largest absolute Gasteiger partial charge is 0.477 e. The van der Waals surface area contributed by atoms with Gasteiger partial charge in [-0.1, -0.05) is 0 Å². The van der Waals surface area contributed by atoms with Crippen molar-refractivity contribution in [2.24, 2.45) is 5.73 Å². The molecule has 0 unspecified atom stereocenters. The Morgan fingerprint density at radius 3 is 2.94 bits per heavy atom. The van der Waals surface area contributed by atoms with Crippen molar-refractivity contribution in [2.75, 3.05) is 6.54 Å². The van der Waals surface area contributed by atoms with Crippen LogP contribution in [0.15, 0.2) is 6.07 Å². The number of carbonyl (C=O) groups is 1. The third kappa shape index (κ3) is 1.87. The molecule has 0 aliphatic heterocycles. The van der Waals surface area contributed by atoms with E-state index in [0.29, 0.717) is 29.6 Å². The summed E-state index contributed by atoms with van der Waals surface area (Å²) >= 11 is 0. The number of pyridine rings is 1. The van der Waals surface area contributed by atoms with Gasteiger partial charge in [0.05, 0.1) is 16.7 Å². The first kappa shape index (κ1) is 11.5. The molecule has 0 fully saturated rings. The van der Waals surface area contributed by atoms with Crippen LogP contribution in [0.4, 0.5) is 4.39 Å². The number of hydrogen-bond donors (Lipinski definition) is 3. The van der Waals surface area contributed by atoms with E-state index in [-0.39, 0.29) is 11.4 Å². The standard InChI is InChI=1S/C11H12FN3O2/c1-5-7(12)4-8-9(14-5)6(2-3-13)10(15-8)11(16)17/h4,15H,2-3,13H2,1H3,(H,16,17). The summed E-state index contributed by atoms with van der Waals surface area (Å²) in [4.78, 5) is 17.8. The Labute approximate surface area is 96.5 Å². The van der Waals surface area contributed by atoms with Crippen molar-refractivity contribution in [3.63, 3.8) is 0 Å². The molecule has 2 aromatic rings. The number of hydrogen-bond acceptors (Lipinski definition) is 3. The zero-order valence-electron chi connectivity index (χ0n) is 9.25. The van der Waals surface area contributed by atoms with Crippen LogP contribution < -0.4 is 5.73 Å². The fourth-order valence-electron chi connectivity index (χ4n) is 1.80. The molecule has 0 atom stereocenters. The molecule has 17 heavy (non-hydrogen) atoms. The van der Waals surface area contributed by atoms with Crippen LogP contribution in [0.3, 0.4) is 0 Å². The Kier molecular flexibility index (Phi) is 2.81. The number of nitrogens with two attached hydrogens (primary N) is 1. The molecule has 0 saturated heterocycles. The number of nitrogens with one attached hydrogen (secondary N) is 1. The van der Waals surface area contributed by atoms with E-state index in [4.69, 9.17) is 10.8 Å². The number of carboxylic acid groups (broad SMARTS) is 1. The predicted molar refractivity (Wildman–Crippen MR) is 60.5 cm³/mol. The van der Waals surface area contributed by atoms with E-state index in [1.54, 1.807) is 0 Å². The SMILES string of the molecule is Cc1nc2c(CCN)c(C(=O)O)[nH]c2cc1F. The Hall–Kier alpha value is -1.95. The number of aromatic nitrogens is 2. The maximum Gasteiger partial charge on any atom is 0.352 e. The van der Waals surface area contributed by atoms with Crippen molar-refractivity contribution in [1.82, 2.24) is 9.97 Å². The number of fused-ring (bicyclic) bond motifs is 1. The summed E-state index contributed by atoms with van der Waals surface area (Å²) in [6.45, 7) is 1.85. The molecule has 5 nitrogen and oxygen atoms in total. The molecular formula is C11H12FN3O2. The van der Waals surface area contributed by atoms with Gasteiger partial charge in [0.25, 0.3) is 0 Å². The summed E-state index contributed by atoms with van der Waals surface area (Å²) in [6, 6.07) is 1.25. The lowest BCUT2D eigenvalue weighted by atomic mass is 10.1. The van der Waals surface area contributed by atoms with E-state index < -0.39 is 11.8 Å². The minimum atomic E-state index is -1.09. The fourth-order valence-corrected chi connectivity index (χ4v) is 1.80. The van der Waals surface area contributed by atoms with Crippen LogP contribution in [0.2, 0.25) is 0 Å². The average molecular weight is 237 g/mol. The maximum absolute atomic E-state index is 13.3. The number of aromatic amines is 1. The summed E-state index contributed by atoms with van der Waals surface area (Å²) in [7, 11) is 0. The Morgan fingerprint density at radius 1 is 1.65 bits per heavy atom. The van der Waals surface area contributed by atoms with Crippen molar-refractivity contribution >= 4 is 17.0 Å². The van der Waals surface area contributed by atoms with E-state index in [1.807, 2.05) is 0 Å². The summed E-state index contributed by atoms with van der Waals surface area (Å²) in [5.41, 5.74) is 7.10. The Morgan fingerprint density at radius 2 is 2.35 bits per heavy atom. The topological polar surface area (TPSA) is 92.0 Å². The highest BCUT2D eigenvalue weighted by molar-refractivity contribution is 5.95. The molecule has 2 rings (SSSR count). The number of carboxylic acids is 1. The van der Waals surface area contributed by atoms with Gasteiger partial charge in [0.15, 0.2) is 0 Å².